The summed E-state index contributed by atoms with van der Waals surface area (Å²) in [4.78, 5) is 41.6. The fourth-order valence-electron chi connectivity index (χ4n) is 0.619. The molecule has 0 saturated heterocycles. The highest BCUT2D eigenvalue weighted by atomic mass is 16.6. The van der Waals surface area contributed by atoms with Gasteiger partial charge >= 0.3 is 23.9 Å². The Hall–Kier alpha value is -1.96. The minimum Gasteiger partial charge on any atom is -0.481 e. The standard InChI is InChI=1S/C7H9NO7/c8-3(1-4(9)10)7(14)15-6(13)2-5(11)12/h3H,1-2,8H2,(H,9,10)(H,11,12). The third kappa shape index (κ3) is 6.16. The molecule has 15 heavy (non-hydrogen) atoms. The molecule has 0 rings (SSSR count). The van der Waals surface area contributed by atoms with Crippen molar-refractivity contribution in [3.8, 4) is 0 Å². The fourth-order valence-corrected chi connectivity index (χ4v) is 0.619. The van der Waals surface area contributed by atoms with Crippen LogP contribution >= 0.6 is 0 Å². The number of carboxylic acids is 2. The van der Waals surface area contributed by atoms with Gasteiger partial charge in [-0.05, 0) is 0 Å². The summed E-state index contributed by atoms with van der Waals surface area (Å²) in [6.07, 6.45) is -1.68. The van der Waals surface area contributed by atoms with Crippen LogP contribution in [0, 0.1) is 0 Å². The number of esters is 2. The molecule has 0 saturated carbocycles. The molecule has 0 amide bonds. The lowest BCUT2D eigenvalue weighted by Gasteiger charge is -2.06. The lowest BCUT2D eigenvalue weighted by atomic mass is 10.2. The van der Waals surface area contributed by atoms with E-state index in [0.717, 1.165) is 0 Å². The Morgan fingerprint density at radius 3 is 2.07 bits per heavy atom. The summed E-state index contributed by atoms with van der Waals surface area (Å²) in [5.41, 5.74) is 5.04. The first-order chi connectivity index (χ1) is 6.82. The van der Waals surface area contributed by atoms with E-state index in [9.17, 15) is 19.2 Å². The summed E-state index contributed by atoms with van der Waals surface area (Å²) >= 11 is 0. The van der Waals surface area contributed by atoms with Crippen LogP contribution in [0.15, 0.2) is 0 Å². The van der Waals surface area contributed by atoms with Crippen LogP contribution in [0.5, 0.6) is 0 Å². The first-order valence-corrected chi connectivity index (χ1v) is 3.76. The molecule has 0 spiro atoms. The van der Waals surface area contributed by atoms with Gasteiger partial charge in [0.1, 0.15) is 12.5 Å². The van der Waals surface area contributed by atoms with Gasteiger partial charge in [-0.2, -0.15) is 0 Å². The number of ether oxygens (including phenoxy) is 1. The lowest BCUT2D eigenvalue weighted by Crippen LogP contribution is -2.36. The molecular weight excluding hydrogens is 210 g/mol. The van der Waals surface area contributed by atoms with Gasteiger partial charge < -0.3 is 20.7 Å². The molecule has 0 radical (unpaired) electrons. The maximum Gasteiger partial charge on any atom is 0.331 e. The third-order valence-electron chi connectivity index (χ3n) is 1.21. The van der Waals surface area contributed by atoms with Crippen LogP contribution in [0.4, 0.5) is 0 Å². The van der Waals surface area contributed by atoms with Crippen molar-refractivity contribution in [3.63, 3.8) is 0 Å². The van der Waals surface area contributed by atoms with Crippen molar-refractivity contribution < 1.29 is 34.1 Å². The van der Waals surface area contributed by atoms with Gasteiger partial charge in [0.15, 0.2) is 0 Å². The Labute approximate surface area is 83.6 Å². The largest absolute Gasteiger partial charge is 0.481 e. The van der Waals surface area contributed by atoms with E-state index in [0.29, 0.717) is 0 Å². The van der Waals surface area contributed by atoms with E-state index in [-0.39, 0.29) is 0 Å². The van der Waals surface area contributed by atoms with Crippen molar-refractivity contribution in [2.24, 2.45) is 5.73 Å². The average Bonchev–Trinajstić information content (AvgIpc) is 2.00. The second kappa shape index (κ2) is 5.70. The highest BCUT2D eigenvalue weighted by Crippen LogP contribution is 1.95. The highest BCUT2D eigenvalue weighted by Gasteiger charge is 2.22. The minimum atomic E-state index is -1.49. The quantitative estimate of drug-likeness (QED) is 0.367. The highest BCUT2D eigenvalue weighted by molar-refractivity contribution is 5.97. The van der Waals surface area contributed by atoms with Crippen LogP contribution in [0.25, 0.3) is 0 Å². The number of hydrogen-bond donors (Lipinski definition) is 3. The first kappa shape index (κ1) is 13.0. The normalized spacial score (nSPS) is 11.5. The fraction of sp³-hybridized carbons (Fsp3) is 0.429. The molecule has 8 heteroatoms. The number of aliphatic carboxylic acids is 2. The Morgan fingerprint density at radius 1 is 1.13 bits per heavy atom. The van der Waals surface area contributed by atoms with Crippen molar-refractivity contribution in [1.82, 2.24) is 0 Å². The van der Waals surface area contributed by atoms with Gasteiger partial charge in [0.25, 0.3) is 0 Å². The zero-order valence-corrected chi connectivity index (χ0v) is 7.50. The predicted molar refractivity (Wildman–Crippen MR) is 43.6 cm³/mol. The maximum absolute atomic E-state index is 10.8. The summed E-state index contributed by atoms with van der Waals surface area (Å²) in [7, 11) is 0. The van der Waals surface area contributed by atoms with E-state index in [1.54, 1.807) is 0 Å². The molecule has 0 aromatic heterocycles. The van der Waals surface area contributed by atoms with Crippen molar-refractivity contribution in [2.45, 2.75) is 18.9 Å². The molecule has 0 aromatic carbocycles. The minimum absolute atomic E-state index is 0.695. The molecule has 84 valence electrons. The molecule has 4 N–H and O–H groups in total. The van der Waals surface area contributed by atoms with Crippen LogP contribution in [0.1, 0.15) is 12.8 Å². The summed E-state index contributed by atoms with van der Waals surface area (Å²) in [5, 5.41) is 16.4. The Bertz CT molecular complexity index is 298. The van der Waals surface area contributed by atoms with Crippen molar-refractivity contribution in [1.29, 1.82) is 0 Å². The van der Waals surface area contributed by atoms with Crippen LogP contribution in [-0.4, -0.2) is 40.1 Å². The molecule has 0 aliphatic heterocycles. The smallest absolute Gasteiger partial charge is 0.331 e. The van der Waals surface area contributed by atoms with Gasteiger partial charge in [-0.1, -0.05) is 0 Å². The molecule has 1 unspecified atom stereocenters. The van der Waals surface area contributed by atoms with E-state index in [1.807, 2.05) is 0 Å². The van der Waals surface area contributed by atoms with Crippen LogP contribution < -0.4 is 5.73 Å². The molecule has 1 atom stereocenters. The lowest BCUT2D eigenvalue weighted by molar-refractivity contribution is -0.163. The van der Waals surface area contributed by atoms with Gasteiger partial charge in [0.05, 0.1) is 6.42 Å². The van der Waals surface area contributed by atoms with E-state index in [2.05, 4.69) is 4.74 Å². The second-order valence-electron chi connectivity index (χ2n) is 2.57. The molecule has 0 fully saturated rings. The van der Waals surface area contributed by atoms with Gasteiger partial charge in [-0.15, -0.1) is 0 Å². The zero-order valence-electron chi connectivity index (χ0n) is 7.50. The molecule has 0 heterocycles. The van der Waals surface area contributed by atoms with Crippen molar-refractivity contribution >= 4 is 23.9 Å². The summed E-state index contributed by atoms with van der Waals surface area (Å²) in [6.45, 7) is 0. The van der Waals surface area contributed by atoms with Gasteiger partial charge in [-0.25, -0.2) is 4.79 Å². The summed E-state index contributed by atoms with van der Waals surface area (Å²) < 4.78 is 3.98. The average molecular weight is 219 g/mol. The molecule has 0 aliphatic carbocycles. The van der Waals surface area contributed by atoms with Gasteiger partial charge in [-0.3, -0.25) is 14.4 Å². The molecule has 8 nitrogen and oxygen atoms in total. The van der Waals surface area contributed by atoms with Crippen molar-refractivity contribution in [3.05, 3.63) is 0 Å². The molecular formula is C7H9NO7. The number of hydrogen-bond acceptors (Lipinski definition) is 6. The first-order valence-electron chi connectivity index (χ1n) is 3.76. The van der Waals surface area contributed by atoms with Crippen molar-refractivity contribution in [2.75, 3.05) is 0 Å². The van der Waals surface area contributed by atoms with E-state index in [1.165, 1.54) is 0 Å². The SMILES string of the molecule is NC(CC(=O)O)C(=O)OC(=O)CC(=O)O. The predicted octanol–water partition coefficient (Wildman–Crippen LogP) is -1.67. The monoisotopic (exact) mass is 219 g/mol. The van der Waals surface area contributed by atoms with Gasteiger partial charge in [0.2, 0.25) is 0 Å². The molecule has 0 bridgehead atoms. The summed E-state index contributed by atoms with van der Waals surface area (Å²) in [6, 6.07) is -1.49. The molecule has 0 aromatic rings. The number of carbonyl (C=O) groups is 4. The van der Waals surface area contributed by atoms with Crippen LogP contribution in [-0.2, 0) is 23.9 Å². The van der Waals surface area contributed by atoms with E-state index in [4.69, 9.17) is 15.9 Å². The van der Waals surface area contributed by atoms with Crippen LogP contribution in [0.2, 0.25) is 0 Å². The number of nitrogens with two attached hydrogens (primary N) is 1. The Balaban J connectivity index is 4.07. The Morgan fingerprint density at radius 2 is 1.67 bits per heavy atom. The van der Waals surface area contributed by atoms with Crippen LogP contribution in [0.3, 0.4) is 0 Å². The topological polar surface area (TPSA) is 144 Å². The maximum atomic E-state index is 10.8. The number of carbonyl (C=O) groups excluding carboxylic acids is 2. The number of rotatable bonds is 5. The molecule has 0 aliphatic rings. The van der Waals surface area contributed by atoms with E-state index < -0.39 is 42.8 Å². The zero-order chi connectivity index (χ0) is 12.0. The Kier molecular flexibility index (Phi) is 4.96. The second-order valence-corrected chi connectivity index (χ2v) is 2.57. The third-order valence-corrected chi connectivity index (χ3v) is 1.21. The van der Waals surface area contributed by atoms with Gasteiger partial charge in [0, 0.05) is 0 Å². The summed E-state index contributed by atoms with van der Waals surface area (Å²) in [5.74, 6) is -5.33. The van der Waals surface area contributed by atoms with E-state index >= 15 is 0 Å². The number of carboxylic acid groups (broad SMARTS) is 2.